The number of amides is 1. The molecule has 1 aromatic rings. The molecular weight excluding hydrogens is 262 g/mol. The van der Waals surface area contributed by atoms with Crippen LogP contribution in [-0.4, -0.2) is 43.5 Å². The predicted octanol–water partition coefficient (Wildman–Crippen LogP) is 1.69. The number of carbonyl (C=O) groups is 1. The highest BCUT2D eigenvalue weighted by atomic mass is 16.2. The van der Waals surface area contributed by atoms with Crippen molar-refractivity contribution >= 4 is 5.91 Å². The number of nitrogens with one attached hydrogen (secondary N) is 2. The van der Waals surface area contributed by atoms with Crippen molar-refractivity contribution in [1.82, 2.24) is 15.5 Å². The van der Waals surface area contributed by atoms with Gasteiger partial charge in [0.2, 0.25) is 5.91 Å². The number of carbonyl (C=O) groups excluding carboxylic acids is 1. The van der Waals surface area contributed by atoms with E-state index in [0.29, 0.717) is 19.1 Å². The molecule has 1 aliphatic heterocycles. The Bertz CT molecular complexity index is 438. The first-order valence-electron chi connectivity index (χ1n) is 7.87. The Labute approximate surface area is 127 Å². The highest BCUT2D eigenvalue weighted by Gasteiger charge is 2.15. The smallest absolute Gasteiger partial charge is 0.234 e. The van der Waals surface area contributed by atoms with E-state index in [1.165, 1.54) is 24.8 Å². The minimum absolute atomic E-state index is 0.0916. The van der Waals surface area contributed by atoms with E-state index in [1.807, 2.05) is 7.05 Å². The van der Waals surface area contributed by atoms with E-state index in [4.69, 9.17) is 0 Å². The number of aryl methyl sites for hydroxylation is 1. The maximum absolute atomic E-state index is 12.0. The molecule has 0 radical (unpaired) electrons. The van der Waals surface area contributed by atoms with Crippen LogP contribution >= 0.6 is 0 Å². The normalized spacial score (nSPS) is 18.7. The van der Waals surface area contributed by atoms with E-state index in [2.05, 4.69) is 46.7 Å². The van der Waals surface area contributed by atoms with Gasteiger partial charge in [0, 0.05) is 19.1 Å². The summed E-state index contributed by atoms with van der Waals surface area (Å²) in [7, 11) is 2.02. The second-order valence-corrected chi connectivity index (χ2v) is 6.11. The Morgan fingerprint density at radius 1 is 1.33 bits per heavy atom. The number of hydrogen-bond acceptors (Lipinski definition) is 3. The van der Waals surface area contributed by atoms with Gasteiger partial charge in [-0.2, -0.15) is 0 Å². The van der Waals surface area contributed by atoms with Gasteiger partial charge in [-0.25, -0.2) is 0 Å². The molecule has 0 saturated carbocycles. The van der Waals surface area contributed by atoms with Crippen LogP contribution in [0.25, 0.3) is 0 Å². The van der Waals surface area contributed by atoms with E-state index < -0.39 is 0 Å². The van der Waals surface area contributed by atoms with Crippen molar-refractivity contribution in [2.75, 3.05) is 26.7 Å². The third kappa shape index (κ3) is 5.86. The summed E-state index contributed by atoms with van der Waals surface area (Å²) >= 11 is 0. The van der Waals surface area contributed by atoms with Gasteiger partial charge >= 0.3 is 0 Å². The van der Waals surface area contributed by atoms with E-state index in [-0.39, 0.29) is 5.91 Å². The summed E-state index contributed by atoms with van der Waals surface area (Å²) in [6.07, 6.45) is 3.79. The molecule has 1 fully saturated rings. The number of hydrogen-bond donors (Lipinski definition) is 2. The van der Waals surface area contributed by atoms with Gasteiger partial charge in [-0.05, 0) is 38.9 Å². The zero-order valence-electron chi connectivity index (χ0n) is 13.2. The summed E-state index contributed by atoms with van der Waals surface area (Å²) in [4.78, 5) is 14.1. The van der Waals surface area contributed by atoms with Crippen molar-refractivity contribution in [3.63, 3.8) is 0 Å². The monoisotopic (exact) mass is 289 g/mol. The number of nitrogens with zero attached hydrogens (tertiary/aromatic N) is 1. The fourth-order valence-electron chi connectivity index (χ4n) is 2.73. The molecule has 1 unspecified atom stereocenters. The van der Waals surface area contributed by atoms with Crippen LogP contribution in [0.15, 0.2) is 24.3 Å². The molecule has 1 aromatic carbocycles. The third-order valence-electron chi connectivity index (χ3n) is 3.97. The lowest BCUT2D eigenvalue weighted by Crippen LogP contribution is -2.45. The summed E-state index contributed by atoms with van der Waals surface area (Å²) < 4.78 is 0. The van der Waals surface area contributed by atoms with Crippen LogP contribution in [0.5, 0.6) is 0 Å². The summed E-state index contributed by atoms with van der Waals surface area (Å²) in [6, 6.07) is 8.80. The minimum Gasteiger partial charge on any atom is -0.351 e. The van der Waals surface area contributed by atoms with E-state index in [9.17, 15) is 4.79 Å². The van der Waals surface area contributed by atoms with Gasteiger partial charge in [-0.15, -0.1) is 0 Å². The van der Waals surface area contributed by atoms with Crippen LogP contribution in [0, 0.1) is 6.92 Å². The highest BCUT2D eigenvalue weighted by Crippen LogP contribution is 2.07. The summed E-state index contributed by atoms with van der Waals surface area (Å²) in [6.45, 7) is 5.19. The molecule has 0 bridgehead atoms. The van der Waals surface area contributed by atoms with Crippen LogP contribution in [0.3, 0.4) is 0 Å². The Morgan fingerprint density at radius 3 is 2.76 bits per heavy atom. The average molecular weight is 289 g/mol. The number of piperidine rings is 1. The lowest BCUT2D eigenvalue weighted by molar-refractivity contribution is -0.122. The molecule has 1 atom stereocenters. The van der Waals surface area contributed by atoms with Crippen molar-refractivity contribution in [3.05, 3.63) is 35.4 Å². The molecule has 0 aromatic heterocycles. The quantitative estimate of drug-likeness (QED) is 0.837. The van der Waals surface area contributed by atoms with Gasteiger partial charge < -0.3 is 10.6 Å². The van der Waals surface area contributed by atoms with Gasteiger partial charge in [0.15, 0.2) is 0 Å². The fourth-order valence-corrected chi connectivity index (χ4v) is 2.73. The summed E-state index contributed by atoms with van der Waals surface area (Å²) in [5, 5.41) is 6.50. The van der Waals surface area contributed by atoms with Gasteiger partial charge in [-0.3, -0.25) is 9.69 Å². The highest BCUT2D eigenvalue weighted by molar-refractivity contribution is 5.77. The van der Waals surface area contributed by atoms with Crippen molar-refractivity contribution in [2.45, 2.75) is 38.8 Å². The first kappa shape index (κ1) is 16.0. The van der Waals surface area contributed by atoms with E-state index in [1.54, 1.807) is 0 Å². The second kappa shape index (κ2) is 8.15. The molecule has 2 N–H and O–H groups in total. The van der Waals surface area contributed by atoms with Gasteiger partial charge in [-0.1, -0.05) is 36.2 Å². The zero-order valence-corrected chi connectivity index (χ0v) is 13.2. The summed E-state index contributed by atoms with van der Waals surface area (Å²) in [5.41, 5.74) is 2.38. The number of likely N-dealkylation sites (N-methyl/N-ethyl adjacent to an activating group) is 1. The van der Waals surface area contributed by atoms with E-state index in [0.717, 1.165) is 18.7 Å². The van der Waals surface area contributed by atoms with Crippen molar-refractivity contribution < 1.29 is 4.79 Å². The van der Waals surface area contributed by atoms with E-state index >= 15 is 0 Å². The number of benzene rings is 1. The molecule has 2 rings (SSSR count). The van der Waals surface area contributed by atoms with Crippen LogP contribution in [0.2, 0.25) is 0 Å². The maximum atomic E-state index is 12.0. The molecular formula is C17H27N3O. The molecule has 0 spiro atoms. The molecule has 116 valence electrons. The second-order valence-electron chi connectivity index (χ2n) is 6.11. The van der Waals surface area contributed by atoms with Crippen LogP contribution < -0.4 is 10.6 Å². The Kier molecular flexibility index (Phi) is 6.21. The molecule has 21 heavy (non-hydrogen) atoms. The topological polar surface area (TPSA) is 44.4 Å². The first-order valence-corrected chi connectivity index (χ1v) is 7.87. The minimum atomic E-state index is 0.0916. The summed E-state index contributed by atoms with van der Waals surface area (Å²) in [5.74, 6) is 0.0916. The molecule has 1 aliphatic rings. The zero-order chi connectivity index (χ0) is 15.1. The standard InChI is InChI=1S/C17H27N3O/c1-14-6-8-15(9-7-14)11-19-17(21)13-20(2)12-16-5-3-4-10-18-16/h6-9,16,18H,3-5,10-13H2,1-2H3,(H,19,21). The van der Waals surface area contributed by atoms with Crippen LogP contribution in [0.4, 0.5) is 0 Å². The van der Waals surface area contributed by atoms with Gasteiger partial charge in [0.05, 0.1) is 6.54 Å². The fraction of sp³-hybridized carbons (Fsp3) is 0.588. The average Bonchev–Trinajstić information content (AvgIpc) is 2.47. The molecule has 1 heterocycles. The number of rotatable bonds is 6. The van der Waals surface area contributed by atoms with Crippen LogP contribution in [-0.2, 0) is 11.3 Å². The Morgan fingerprint density at radius 2 is 2.10 bits per heavy atom. The third-order valence-corrected chi connectivity index (χ3v) is 3.97. The van der Waals surface area contributed by atoms with Crippen molar-refractivity contribution in [3.8, 4) is 0 Å². The van der Waals surface area contributed by atoms with Crippen molar-refractivity contribution in [2.24, 2.45) is 0 Å². The molecule has 1 amide bonds. The predicted molar refractivity (Wildman–Crippen MR) is 86.2 cm³/mol. The lowest BCUT2D eigenvalue weighted by Gasteiger charge is -2.27. The van der Waals surface area contributed by atoms with Crippen LogP contribution in [0.1, 0.15) is 30.4 Å². The SMILES string of the molecule is Cc1ccc(CNC(=O)CN(C)CC2CCCCN2)cc1. The Balaban J connectivity index is 1.67. The van der Waals surface area contributed by atoms with Gasteiger partial charge in [0.1, 0.15) is 0 Å². The van der Waals surface area contributed by atoms with Gasteiger partial charge in [0.25, 0.3) is 0 Å². The largest absolute Gasteiger partial charge is 0.351 e. The lowest BCUT2D eigenvalue weighted by atomic mass is 10.0. The first-order chi connectivity index (χ1) is 10.1. The van der Waals surface area contributed by atoms with Crippen molar-refractivity contribution in [1.29, 1.82) is 0 Å². The molecule has 4 heteroatoms. The Hall–Kier alpha value is -1.39. The molecule has 0 aliphatic carbocycles. The molecule has 4 nitrogen and oxygen atoms in total. The molecule has 1 saturated heterocycles. The maximum Gasteiger partial charge on any atom is 0.234 e.